The van der Waals surface area contributed by atoms with Crippen LogP contribution in [-0.2, 0) is 11.3 Å². The largest absolute Gasteiger partial charge is 0.443 e. The number of rotatable bonds is 2. The van der Waals surface area contributed by atoms with Crippen molar-refractivity contribution >= 4 is 6.09 Å². The minimum atomic E-state index is -0.392. The molecule has 0 saturated heterocycles. The number of ether oxygens (including phenoxy) is 1. The fraction of sp³-hybridized carbons (Fsp3) is 0.100. The van der Waals surface area contributed by atoms with Crippen LogP contribution in [0.2, 0.25) is 0 Å². The zero-order chi connectivity index (χ0) is 9.80. The number of aromatic amines is 1. The van der Waals surface area contributed by atoms with E-state index < -0.39 is 6.09 Å². The zero-order valence-electron chi connectivity index (χ0n) is 7.51. The first-order valence-electron chi connectivity index (χ1n) is 4.29. The van der Waals surface area contributed by atoms with Crippen molar-refractivity contribution in [3.8, 4) is 0 Å². The molecule has 1 N–H and O–H groups in total. The lowest BCUT2D eigenvalue weighted by Crippen LogP contribution is -2.18. The van der Waals surface area contributed by atoms with Gasteiger partial charge in [0.25, 0.3) is 0 Å². The van der Waals surface area contributed by atoms with E-state index in [1.54, 1.807) is 12.4 Å². The van der Waals surface area contributed by atoms with Crippen LogP contribution in [-0.4, -0.2) is 15.9 Å². The van der Waals surface area contributed by atoms with Crippen molar-refractivity contribution in [1.82, 2.24) is 9.78 Å². The highest BCUT2D eigenvalue weighted by molar-refractivity contribution is 5.69. The molecule has 0 saturated carbocycles. The van der Waals surface area contributed by atoms with Gasteiger partial charge in [0, 0.05) is 6.20 Å². The molecule has 72 valence electrons. The molecule has 0 spiro atoms. The number of hydrogen-bond acceptors (Lipinski definition) is 2. The molecule has 0 fully saturated rings. The molecule has 4 nitrogen and oxygen atoms in total. The van der Waals surface area contributed by atoms with Crippen LogP contribution in [0.1, 0.15) is 5.56 Å². The monoisotopic (exact) mass is 190 g/mol. The number of nitrogens with one attached hydrogen (secondary N) is 1. The van der Waals surface area contributed by atoms with E-state index in [0.29, 0.717) is 6.61 Å². The molecular weight excluding hydrogens is 180 g/mol. The molecule has 0 amide bonds. The molecule has 1 aromatic heterocycles. The number of nitrogens with zero attached hydrogens (tertiary/aromatic N) is 1. The van der Waals surface area contributed by atoms with Gasteiger partial charge in [-0.15, -0.1) is 0 Å². The summed E-state index contributed by atoms with van der Waals surface area (Å²) in [6, 6.07) is 9.56. The fourth-order valence-corrected chi connectivity index (χ4v) is 1.05. The summed E-state index contributed by atoms with van der Waals surface area (Å²) < 4.78 is 6.29. The second-order valence-corrected chi connectivity index (χ2v) is 2.86. The molecule has 2 aromatic rings. The van der Waals surface area contributed by atoms with E-state index in [-0.39, 0.29) is 0 Å². The van der Waals surface area contributed by atoms with Crippen molar-refractivity contribution in [2.45, 2.75) is 6.61 Å². The Labute approximate surface area is 81.1 Å². The van der Waals surface area contributed by atoms with E-state index in [4.69, 9.17) is 4.74 Å². The molecule has 4 heteroatoms. The van der Waals surface area contributed by atoms with Crippen LogP contribution >= 0.6 is 0 Å². The molecule has 0 aliphatic carbocycles. The van der Waals surface area contributed by atoms with Crippen LogP contribution in [0.3, 0.4) is 0 Å². The smallest absolute Gasteiger partial charge is 0.433 e. The first-order chi connectivity index (χ1) is 6.86. The molecule has 1 aromatic carbocycles. The van der Waals surface area contributed by atoms with Crippen molar-refractivity contribution in [2.24, 2.45) is 0 Å². The first-order valence-corrected chi connectivity index (χ1v) is 4.29. The average molecular weight is 190 g/mol. The van der Waals surface area contributed by atoms with E-state index in [1.165, 1.54) is 4.68 Å². The van der Waals surface area contributed by atoms with Gasteiger partial charge >= 0.3 is 6.09 Å². The SMILES string of the molecule is O=C(OCc1ccccc1)n1cc[nH]1. The predicted molar refractivity (Wildman–Crippen MR) is 50.8 cm³/mol. The highest BCUT2D eigenvalue weighted by Gasteiger charge is 2.05. The molecular formula is C10H10N2O2. The van der Waals surface area contributed by atoms with Crippen LogP contribution in [0.25, 0.3) is 0 Å². The van der Waals surface area contributed by atoms with Gasteiger partial charge in [0.05, 0.1) is 6.20 Å². The third-order valence-corrected chi connectivity index (χ3v) is 1.84. The van der Waals surface area contributed by atoms with Gasteiger partial charge in [-0.05, 0) is 5.56 Å². The van der Waals surface area contributed by atoms with Crippen molar-refractivity contribution < 1.29 is 9.53 Å². The number of carbonyl (C=O) groups excluding carboxylic acids is 1. The van der Waals surface area contributed by atoms with Crippen molar-refractivity contribution in [2.75, 3.05) is 0 Å². The molecule has 0 radical (unpaired) electrons. The Hall–Kier alpha value is -1.97. The summed E-state index contributed by atoms with van der Waals surface area (Å²) in [7, 11) is 0. The lowest BCUT2D eigenvalue weighted by Gasteiger charge is -2.08. The van der Waals surface area contributed by atoms with Gasteiger partial charge in [-0.2, -0.15) is 4.68 Å². The summed E-state index contributed by atoms with van der Waals surface area (Å²) in [5.41, 5.74) is 0.977. The van der Waals surface area contributed by atoms with E-state index in [9.17, 15) is 4.79 Å². The number of hydrogen-bond donors (Lipinski definition) is 1. The second-order valence-electron chi connectivity index (χ2n) is 2.86. The minimum absolute atomic E-state index is 0.297. The maximum Gasteiger partial charge on any atom is 0.433 e. The Bertz CT molecular complexity index is 393. The lowest BCUT2D eigenvalue weighted by molar-refractivity contribution is 0.136. The fourth-order valence-electron chi connectivity index (χ4n) is 1.05. The van der Waals surface area contributed by atoms with Gasteiger partial charge in [0.1, 0.15) is 6.61 Å². The Balaban J connectivity index is 1.88. The predicted octanol–water partition coefficient (Wildman–Crippen LogP) is 2.00. The third kappa shape index (κ3) is 1.85. The molecule has 14 heavy (non-hydrogen) atoms. The van der Waals surface area contributed by atoms with Gasteiger partial charge < -0.3 is 4.74 Å². The van der Waals surface area contributed by atoms with Crippen LogP contribution < -0.4 is 0 Å². The van der Waals surface area contributed by atoms with E-state index >= 15 is 0 Å². The zero-order valence-corrected chi connectivity index (χ0v) is 7.51. The van der Waals surface area contributed by atoms with Gasteiger partial charge in [0.2, 0.25) is 0 Å². The average Bonchev–Trinajstić information content (AvgIpc) is 2.14. The lowest BCUT2D eigenvalue weighted by atomic mass is 10.2. The van der Waals surface area contributed by atoms with Gasteiger partial charge in [0.15, 0.2) is 0 Å². The Morgan fingerprint density at radius 1 is 1.36 bits per heavy atom. The number of aromatic nitrogens is 2. The number of H-pyrrole nitrogens is 1. The Kier molecular flexibility index (Phi) is 2.36. The maximum absolute atomic E-state index is 11.2. The molecule has 0 atom stereocenters. The molecule has 0 unspecified atom stereocenters. The van der Waals surface area contributed by atoms with Gasteiger partial charge in [-0.1, -0.05) is 30.3 Å². The van der Waals surface area contributed by atoms with E-state index in [2.05, 4.69) is 5.10 Å². The molecule has 2 rings (SSSR count). The van der Waals surface area contributed by atoms with Crippen molar-refractivity contribution in [3.63, 3.8) is 0 Å². The summed E-state index contributed by atoms with van der Waals surface area (Å²) in [5.74, 6) is 0. The summed E-state index contributed by atoms with van der Waals surface area (Å²) in [6.45, 7) is 0.297. The highest BCUT2D eigenvalue weighted by Crippen LogP contribution is 2.01. The van der Waals surface area contributed by atoms with Gasteiger partial charge in [-0.25, -0.2) is 4.79 Å². The topological polar surface area (TPSA) is 47.0 Å². The van der Waals surface area contributed by atoms with E-state index in [0.717, 1.165) is 5.56 Å². The molecule has 0 aliphatic rings. The maximum atomic E-state index is 11.2. The van der Waals surface area contributed by atoms with Crippen LogP contribution in [0.15, 0.2) is 42.7 Å². The van der Waals surface area contributed by atoms with E-state index in [1.807, 2.05) is 30.3 Å². The van der Waals surface area contributed by atoms with Crippen LogP contribution in [0, 0.1) is 0 Å². The quantitative estimate of drug-likeness (QED) is 0.787. The minimum Gasteiger partial charge on any atom is -0.443 e. The standard InChI is InChI=1S/C10H10N2O2/c13-10(12-7-6-11-12)14-8-9-4-2-1-3-5-9/h1-7,11H,8H2. The second kappa shape index (κ2) is 3.83. The Morgan fingerprint density at radius 3 is 2.64 bits per heavy atom. The first kappa shape index (κ1) is 8.62. The van der Waals surface area contributed by atoms with Crippen molar-refractivity contribution in [1.29, 1.82) is 0 Å². The summed E-state index contributed by atoms with van der Waals surface area (Å²) >= 11 is 0. The Morgan fingerprint density at radius 2 is 2.07 bits per heavy atom. The van der Waals surface area contributed by atoms with Crippen molar-refractivity contribution in [3.05, 3.63) is 48.3 Å². The number of benzene rings is 1. The van der Waals surface area contributed by atoms with Crippen LogP contribution in [0.5, 0.6) is 0 Å². The summed E-state index contributed by atoms with van der Waals surface area (Å²) in [4.78, 5) is 11.2. The van der Waals surface area contributed by atoms with Crippen LogP contribution in [0.4, 0.5) is 4.79 Å². The molecule has 0 aliphatic heterocycles. The molecule has 0 bridgehead atoms. The molecule has 1 heterocycles. The van der Waals surface area contributed by atoms with Gasteiger partial charge in [-0.3, -0.25) is 5.10 Å². The summed E-state index contributed by atoms with van der Waals surface area (Å²) in [5, 5.41) is 2.66. The number of carbonyl (C=O) groups is 1. The normalized spacial score (nSPS) is 10.0. The third-order valence-electron chi connectivity index (χ3n) is 1.84. The highest BCUT2D eigenvalue weighted by atomic mass is 16.6. The summed E-state index contributed by atoms with van der Waals surface area (Å²) in [6.07, 6.45) is 2.87.